The number of halogens is 1. The third-order valence-electron chi connectivity index (χ3n) is 3.58. The van der Waals surface area contributed by atoms with Crippen LogP contribution in [0.5, 0.6) is 0 Å². The molecule has 2 aromatic rings. The van der Waals surface area contributed by atoms with Crippen molar-refractivity contribution in [1.29, 1.82) is 0 Å². The van der Waals surface area contributed by atoms with Crippen LogP contribution in [0.3, 0.4) is 0 Å². The fraction of sp³-hybridized carbons (Fsp3) is 0.267. The molecule has 0 aliphatic heterocycles. The van der Waals surface area contributed by atoms with Crippen LogP contribution in [-0.4, -0.2) is 5.91 Å². The van der Waals surface area contributed by atoms with E-state index in [0.717, 1.165) is 24.2 Å². The van der Waals surface area contributed by atoms with Crippen molar-refractivity contribution in [2.45, 2.75) is 24.8 Å². The predicted octanol–water partition coefficient (Wildman–Crippen LogP) is 2.77. The number of furan rings is 1. The predicted molar refractivity (Wildman–Crippen MR) is 67.9 cm³/mol. The first-order valence-electron chi connectivity index (χ1n) is 6.27. The summed E-state index contributed by atoms with van der Waals surface area (Å²) in [6, 6.07) is 9.78. The summed E-state index contributed by atoms with van der Waals surface area (Å²) in [4.78, 5) is 12.3. The van der Waals surface area contributed by atoms with E-state index in [1.54, 1.807) is 24.5 Å². The average molecular weight is 259 g/mol. The van der Waals surface area contributed by atoms with E-state index in [1.165, 1.54) is 12.1 Å². The van der Waals surface area contributed by atoms with Gasteiger partial charge < -0.3 is 9.73 Å². The second-order valence-corrected chi connectivity index (χ2v) is 4.85. The van der Waals surface area contributed by atoms with E-state index in [1.807, 2.05) is 6.07 Å². The van der Waals surface area contributed by atoms with Crippen molar-refractivity contribution in [2.24, 2.45) is 0 Å². The van der Waals surface area contributed by atoms with Crippen molar-refractivity contribution in [1.82, 2.24) is 5.32 Å². The van der Waals surface area contributed by atoms with Crippen LogP contribution in [0.25, 0.3) is 0 Å². The van der Waals surface area contributed by atoms with E-state index in [-0.39, 0.29) is 11.7 Å². The zero-order chi connectivity index (χ0) is 13.3. The lowest BCUT2D eigenvalue weighted by Crippen LogP contribution is -2.34. The number of hydrogen-bond acceptors (Lipinski definition) is 2. The molecule has 3 nitrogen and oxygen atoms in total. The summed E-state index contributed by atoms with van der Waals surface area (Å²) >= 11 is 0. The molecule has 1 fully saturated rings. The summed E-state index contributed by atoms with van der Waals surface area (Å²) < 4.78 is 18.1. The van der Waals surface area contributed by atoms with Gasteiger partial charge in [0.25, 0.3) is 0 Å². The highest BCUT2D eigenvalue weighted by atomic mass is 19.1. The van der Waals surface area contributed by atoms with E-state index in [4.69, 9.17) is 4.42 Å². The minimum Gasteiger partial charge on any atom is -0.467 e. The first-order valence-corrected chi connectivity index (χ1v) is 6.27. The van der Waals surface area contributed by atoms with Crippen molar-refractivity contribution >= 4 is 5.91 Å². The van der Waals surface area contributed by atoms with Crippen LogP contribution >= 0.6 is 0 Å². The maximum absolute atomic E-state index is 12.9. The standard InChI is InChI=1S/C15H14FNO2/c16-12-5-3-11(4-6-12)15(7-8-15)14(18)17-10-13-2-1-9-19-13/h1-6,9H,7-8,10H2,(H,17,18). The third-order valence-corrected chi connectivity index (χ3v) is 3.58. The van der Waals surface area contributed by atoms with Gasteiger partial charge in [-0.25, -0.2) is 4.39 Å². The topological polar surface area (TPSA) is 42.2 Å². The van der Waals surface area contributed by atoms with Gasteiger partial charge in [-0.15, -0.1) is 0 Å². The summed E-state index contributed by atoms with van der Waals surface area (Å²) in [5, 5.41) is 2.87. The highest BCUT2D eigenvalue weighted by molar-refractivity contribution is 5.91. The van der Waals surface area contributed by atoms with Crippen molar-refractivity contribution in [3.05, 3.63) is 59.8 Å². The van der Waals surface area contributed by atoms with Gasteiger partial charge in [0.05, 0.1) is 18.2 Å². The first-order chi connectivity index (χ1) is 9.21. The fourth-order valence-corrected chi connectivity index (χ4v) is 2.29. The number of carbonyl (C=O) groups excluding carboxylic acids is 1. The highest BCUT2D eigenvalue weighted by Crippen LogP contribution is 2.48. The van der Waals surface area contributed by atoms with Gasteiger partial charge in [0, 0.05) is 0 Å². The molecule has 0 radical (unpaired) electrons. The minimum atomic E-state index is -0.472. The van der Waals surface area contributed by atoms with Crippen LogP contribution < -0.4 is 5.32 Å². The minimum absolute atomic E-state index is 0.0180. The molecule has 0 atom stereocenters. The first kappa shape index (κ1) is 12.0. The molecule has 1 aliphatic carbocycles. The Balaban J connectivity index is 1.70. The SMILES string of the molecule is O=C(NCc1ccco1)C1(c2ccc(F)cc2)CC1. The molecule has 0 unspecified atom stereocenters. The monoisotopic (exact) mass is 259 g/mol. The zero-order valence-electron chi connectivity index (χ0n) is 10.4. The van der Waals surface area contributed by atoms with E-state index in [0.29, 0.717) is 6.54 Å². The second-order valence-electron chi connectivity index (χ2n) is 4.85. The fourth-order valence-electron chi connectivity index (χ4n) is 2.29. The van der Waals surface area contributed by atoms with Gasteiger partial charge in [-0.2, -0.15) is 0 Å². The van der Waals surface area contributed by atoms with Crippen molar-refractivity contribution in [2.75, 3.05) is 0 Å². The van der Waals surface area contributed by atoms with Gasteiger partial charge in [0.15, 0.2) is 0 Å². The lowest BCUT2D eigenvalue weighted by molar-refractivity contribution is -0.123. The van der Waals surface area contributed by atoms with Gasteiger partial charge in [0.1, 0.15) is 11.6 Å². The van der Waals surface area contributed by atoms with E-state index in [2.05, 4.69) is 5.32 Å². The van der Waals surface area contributed by atoms with Gasteiger partial charge in [-0.05, 0) is 42.7 Å². The van der Waals surface area contributed by atoms with Crippen LogP contribution in [0.15, 0.2) is 47.1 Å². The second kappa shape index (κ2) is 4.53. The molecule has 1 N–H and O–H groups in total. The molecule has 4 heteroatoms. The largest absolute Gasteiger partial charge is 0.467 e. The summed E-state index contributed by atoms with van der Waals surface area (Å²) in [6.45, 7) is 0.384. The normalized spacial score (nSPS) is 16.1. The molecule has 0 saturated heterocycles. The number of amides is 1. The Hall–Kier alpha value is -2.10. The van der Waals surface area contributed by atoms with Crippen LogP contribution in [-0.2, 0) is 16.8 Å². The molecule has 1 aliphatic rings. The Kier molecular flexibility index (Phi) is 2.85. The zero-order valence-corrected chi connectivity index (χ0v) is 10.4. The van der Waals surface area contributed by atoms with E-state index in [9.17, 15) is 9.18 Å². The van der Waals surface area contributed by atoms with Crippen molar-refractivity contribution in [3.63, 3.8) is 0 Å². The Labute approximate surface area is 110 Å². The van der Waals surface area contributed by atoms with Crippen LogP contribution in [0, 0.1) is 5.82 Å². The smallest absolute Gasteiger partial charge is 0.231 e. The molecule has 1 aromatic heterocycles. The molecule has 98 valence electrons. The van der Waals surface area contributed by atoms with Crippen LogP contribution in [0.4, 0.5) is 4.39 Å². The summed E-state index contributed by atoms with van der Waals surface area (Å²) in [5.74, 6) is 0.425. The molecule has 1 heterocycles. The number of carbonyl (C=O) groups is 1. The molecular weight excluding hydrogens is 245 g/mol. The molecule has 0 bridgehead atoms. The quantitative estimate of drug-likeness (QED) is 0.917. The van der Waals surface area contributed by atoms with E-state index >= 15 is 0 Å². The van der Waals surface area contributed by atoms with Crippen LogP contribution in [0.2, 0.25) is 0 Å². The Morgan fingerprint density at radius 2 is 2.00 bits per heavy atom. The van der Waals surface area contributed by atoms with Gasteiger partial charge in [0.2, 0.25) is 5.91 Å². The Morgan fingerprint density at radius 3 is 2.58 bits per heavy atom. The number of hydrogen-bond donors (Lipinski definition) is 1. The number of nitrogens with one attached hydrogen (secondary N) is 1. The molecule has 3 rings (SSSR count). The van der Waals surface area contributed by atoms with Crippen molar-refractivity contribution < 1.29 is 13.6 Å². The van der Waals surface area contributed by atoms with Gasteiger partial charge in [-0.1, -0.05) is 12.1 Å². The molecule has 1 amide bonds. The molecular formula is C15H14FNO2. The number of rotatable bonds is 4. The van der Waals surface area contributed by atoms with Gasteiger partial charge in [-0.3, -0.25) is 4.79 Å². The summed E-state index contributed by atoms with van der Waals surface area (Å²) in [6.07, 6.45) is 3.19. The third kappa shape index (κ3) is 2.26. The van der Waals surface area contributed by atoms with Gasteiger partial charge >= 0.3 is 0 Å². The Bertz CT molecular complexity index is 571. The highest BCUT2D eigenvalue weighted by Gasteiger charge is 2.51. The van der Waals surface area contributed by atoms with E-state index < -0.39 is 5.41 Å². The summed E-state index contributed by atoms with van der Waals surface area (Å²) in [7, 11) is 0. The Morgan fingerprint density at radius 1 is 1.26 bits per heavy atom. The lowest BCUT2D eigenvalue weighted by atomic mass is 9.95. The number of benzene rings is 1. The van der Waals surface area contributed by atoms with Crippen molar-refractivity contribution in [3.8, 4) is 0 Å². The maximum atomic E-state index is 12.9. The lowest BCUT2D eigenvalue weighted by Gasteiger charge is -2.15. The average Bonchev–Trinajstić information content (AvgIpc) is 3.07. The van der Waals surface area contributed by atoms with Crippen LogP contribution in [0.1, 0.15) is 24.2 Å². The molecule has 0 spiro atoms. The maximum Gasteiger partial charge on any atom is 0.231 e. The molecule has 1 aromatic carbocycles. The summed E-state index contributed by atoms with van der Waals surface area (Å²) in [5.41, 5.74) is 0.408. The molecule has 19 heavy (non-hydrogen) atoms. The molecule has 1 saturated carbocycles.